The van der Waals surface area contributed by atoms with Gasteiger partial charge in [-0.15, -0.1) is 0 Å². The summed E-state index contributed by atoms with van der Waals surface area (Å²) >= 11 is 7.17. The standard InChI is InChI=1S/C17H18Br2FN/c1-4-21-17(12-7-5-6-10(2)16(12)20)13-9-14(18)11(3)8-15(13)19/h5-9,17,21H,4H2,1-3H3. The molecule has 0 heterocycles. The van der Waals surface area contributed by atoms with Gasteiger partial charge in [0.25, 0.3) is 0 Å². The summed E-state index contributed by atoms with van der Waals surface area (Å²) in [5.41, 5.74) is 3.51. The third kappa shape index (κ3) is 3.55. The molecule has 0 aliphatic carbocycles. The Kier molecular flexibility index (Phi) is 5.58. The molecule has 4 heteroatoms. The van der Waals surface area contributed by atoms with Gasteiger partial charge in [-0.1, -0.05) is 57.0 Å². The summed E-state index contributed by atoms with van der Waals surface area (Å²) in [6.07, 6.45) is 0. The molecule has 0 aliphatic rings. The van der Waals surface area contributed by atoms with Crippen molar-refractivity contribution in [3.05, 3.63) is 67.3 Å². The molecule has 0 spiro atoms. The summed E-state index contributed by atoms with van der Waals surface area (Å²) in [5, 5.41) is 3.38. The van der Waals surface area contributed by atoms with Crippen molar-refractivity contribution < 1.29 is 4.39 Å². The molecular weight excluding hydrogens is 397 g/mol. The first-order chi connectivity index (χ1) is 9.95. The van der Waals surface area contributed by atoms with E-state index in [0.717, 1.165) is 26.6 Å². The maximum Gasteiger partial charge on any atom is 0.131 e. The zero-order valence-corrected chi connectivity index (χ0v) is 15.5. The van der Waals surface area contributed by atoms with Gasteiger partial charge in [0.05, 0.1) is 6.04 Å². The highest BCUT2D eigenvalue weighted by atomic mass is 79.9. The molecule has 0 saturated heterocycles. The average Bonchev–Trinajstić information content (AvgIpc) is 2.44. The fourth-order valence-corrected chi connectivity index (χ4v) is 3.42. The Balaban J connectivity index is 2.59. The van der Waals surface area contributed by atoms with Crippen LogP contribution in [0.4, 0.5) is 4.39 Å². The number of rotatable bonds is 4. The molecule has 2 rings (SSSR count). The number of aryl methyl sites for hydroxylation is 2. The highest BCUT2D eigenvalue weighted by Gasteiger charge is 2.21. The van der Waals surface area contributed by atoms with Crippen molar-refractivity contribution in [3.8, 4) is 0 Å². The van der Waals surface area contributed by atoms with Crippen LogP contribution in [0.15, 0.2) is 39.3 Å². The lowest BCUT2D eigenvalue weighted by Gasteiger charge is -2.22. The molecule has 1 nitrogen and oxygen atoms in total. The molecule has 1 atom stereocenters. The number of nitrogens with one attached hydrogen (secondary N) is 1. The maximum atomic E-state index is 14.5. The molecule has 0 saturated carbocycles. The average molecular weight is 415 g/mol. The molecule has 0 bridgehead atoms. The molecule has 0 aromatic heterocycles. The Hall–Kier alpha value is -0.710. The lowest BCUT2D eigenvalue weighted by molar-refractivity contribution is 0.552. The van der Waals surface area contributed by atoms with Crippen LogP contribution in [0.5, 0.6) is 0 Å². The van der Waals surface area contributed by atoms with Gasteiger partial charge in [0, 0.05) is 14.5 Å². The fraction of sp³-hybridized carbons (Fsp3) is 0.294. The van der Waals surface area contributed by atoms with Crippen LogP contribution >= 0.6 is 31.9 Å². The van der Waals surface area contributed by atoms with E-state index in [-0.39, 0.29) is 11.9 Å². The van der Waals surface area contributed by atoms with Crippen molar-refractivity contribution in [1.82, 2.24) is 5.32 Å². The molecule has 0 amide bonds. The topological polar surface area (TPSA) is 12.0 Å². The van der Waals surface area contributed by atoms with E-state index in [4.69, 9.17) is 0 Å². The van der Waals surface area contributed by atoms with Gasteiger partial charge in [-0.2, -0.15) is 0 Å². The number of halogens is 3. The summed E-state index contributed by atoms with van der Waals surface area (Å²) in [5.74, 6) is -0.146. The second-order valence-corrected chi connectivity index (χ2v) is 6.80. The zero-order valence-electron chi connectivity index (χ0n) is 12.3. The third-order valence-corrected chi connectivity index (χ3v) is 5.07. The van der Waals surface area contributed by atoms with Crippen molar-refractivity contribution in [3.63, 3.8) is 0 Å². The molecule has 2 aromatic carbocycles. The van der Waals surface area contributed by atoms with E-state index in [0.29, 0.717) is 11.1 Å². The van der Waals surface area contributed by atoms with Crippen LogP contribution in [0.1, 0.15) is 35.2 Å². The monoisotopic (exact) mass is 413 g/mol. The number of hydrogen-bond donors (Lipinski definition) is 1. The van der Waals surface area contributed by atoms with Crippen LogP contribution in [-0.2, 0) is 0 Å². The van der Waals surface area contributed by atoms with Gasteiger partial charge in [-0.25, -0.2) is 4.39 Å². The van der Waals surface area contributed by atoms with Gasteiger partial charge in [-0.05, 0) is 49.2 Å². The largest absolute Gasteiger partial charge is 0.306 e. The van der Waals surface area contributed by atoms with Crippen molar-refractivity contribution in [1.29, 1.82) is 0 Å². The second kappa shape index (κ2) is 7.03. The van der Waals surface area contributed by atoms with Gasteiger partial charge in [-0.3, -0.25) is 0 Å². The molecule has 112 valence electrons. The van der Waals surface area contributed by atoms with E-state index < -0.39 is 0 Å². The molecule has 0 radical (unpaired) electrons. The van der Waals surface area contributed by atoms with Crippen LogP contribution in [0.2, 0.25) is 0 Å². The Morgan fingerprint density at radius 1 is 1.05 bits per heavy atom. The SMILES string of the molecule is CCNC(c1cc(Br)c(C)cc1Br)c1cccc(C)c1F. The summed E-state index contributed by atoms with van der Waals surface area (Å²) in [7, 11) is 0. The lowest BCUT2D eigenvalue weighted by atomic mass is 9.96. The van der Waals surface area contributed by atoms with Gasteiger partial charge in [0.15, 0.2) is 0 Å². The van der Waals surface area contributed by atoms with E-state index in [1.54, 1.807) is 13.0 Å². The van der Waals surface area contributed by atoms with Gasteiger partial charge in [0.2, 0.25) is 0 Å². The van der Waals surface area contributed by atoms with E-state index in [2.05, 4.69) is 49.3 Å². The van der Waals surface area contributed by atoms with Gasteiger partial charge in [0.1, 0.15) is 5.82 Å². The summed E-state index contributed by atoms with van der Waals surface area (Å²) in [4.78, 5) is 0. The normalized spacial score (nSPS) is 12.5. The predicted octanol–water partition coefficient (Wildman–Crippen LogP) is 5.67. The molecule has 0 fully saturated rings. The Bertz CT molecular complexity index is 655. The lowest BCUT2D eigenvalue weighted by Crippen LogP contribution is -2.23. The van der Waals surface area contributed by atoms with Crippen molar-refractivity contribution in [2.45, 2.75) is 26.8 Å². The minimum Gasteiger partial charge on any atom is -0.306 e. The Morgan fingerprint density at radius 2 is 1.76 bits per heavy atom. The van der Waals surface area contributed by atoms with Crippen molar-refractivity contribution in [2.24, 2.45) is 0 Å². The molecule has 1 N–H and O–H groups in total. The minimum atomic E-state index is -0.179. The first kappa shape index (κ1) is 16.7. The molecular formula is C17H18Br2FN. The first-order valence-corrected chi connectivity index (χ1v) is 8.48. The van der Waals surface area contributed by atoms with E-state index in [1.165, 1.54) is 0 Å². The quantitative estimate of drug-likeness (QED) is 0.679. The minimum absolute atomic E-state index is 0.146. The van der Waals surface area contributed by atoms with Crippen LogP contribution in [0.3, 0.4) is 0 Å². The number of benzene rings is 2. The molecule has 0 aliphatic heterocycles. The van der Waals surface area contributed by atoms with Crippen molar-refractivity contribution in [2.75, 3.05) is 6.54 Å². The van der Waals surface area contributed by atoms with E-state index in [9.17, 15) is 4.39 Å². The smallest absolute Gasteiger partial charge is 0.131 e. The highest BCUT2D eigenvalue weighted by molar-refractivity contribution is 9.11. The first-order valence-electron chi connectivity index (χ1n) is 6.89. The van der Waals surface area contributed by atoms with Crippen molar-refractivity contribution >= 4 is 31.9 Å². The molecule has 2 aromatic rings. The Labute approximate surface area is 142 Å². The zero-order chi connectivity index (χ0) is 15.6. The van der Waals surface area contributed by atoms with Gasteiger partial charge < -0.3 is 5.32 Å². The van der Waals surface area contributed by atoms with Crippen LogP contribution in [-0.4, -0.2) is 6.54 Å². The van der Waals surface area contributed by atoms with Gasteiger partial charge >= 0.3 is 0 Å². The summed E-state index contributed by atoms with van der Waals surface area (Å²) in [6, 6.07) is 9.46. The summed E-state index contributed by atoms with van der Waals surface area (Å²) < 4.78 is 16.5. The summed E-state index contributed by atoms with van der Waals surface area (Å²) in [6.45, 7) is 6.61. The third-order valence-electron chi connectivity index (χ3n) is 3.53. The molecule has 21 heavy (non-hydrogen) atoms. The number of hydrogen-bond acceptors (Lipinski definition) is 1. The maximum absolute atomic E-state index is 14.5. The van der Waals surface area contributed by atoms with Crippen LogP contribution in [0.25, 0.3) is 0 Å². The molecule has 1 unspecified atom stereocenters. The van der Waals surface area contributed by atoms with E-state index in [1.807, 2.05) is 26.0 Å². The Morgan fingerprint density at radius 3 is 2.43 bits per heavy atom. The van der Waals surface area contributed by atoms with Crippen LogP contribution < -0.4 is 5.32 Å². The van der Waals surface area contributed by atoms with Crippen LogP contribution in [0, 0.1) is 19.7 Å². The predicted molar refractivity (Wildman–Crippen MR) is 93.2 cm³/mol. The van der Waals surface area contributed by atoms with E-state index >= 15 is 0 Å². The second-order valence-electron chi connectivity index (χ2n) is 5.09. The fourth-order valence-electron chi connectivity index (χ4n) is 2.37. The highest BCUT2D eigenvalue weighted by Crippen LogP contribution is 2.34.